The van der Waals surface area contributed by atoms with Crippen molar-refractivity contribution in [3.05, 3.63) is 95.6 Å². The summed E-state index contributed by atoms with van der Waals surface area (Å²) in [6.07, 6.45) is 8.09. The molecule has 0 unspecified atom stereocenters. The first kappa shape index (κ1) is 24.7. The van der Waals surface area contributed by atoms with Gasteiger partial charge >= 0.3 is 0 Å². The van der Waals surface area contributed by atoms with E-state index in [4.69, 9.17) is 5.11 Å². The number of phenols is 1. The maximum Gasteiger partial charge on any atom is 0.221 e. The van der Waals surface area contributed by atoms with Gasteiger partial charge in [-0.05, 0) is 97.1 Å². The molecule has 1 aromatic carbocycles. The van der Waals surface area contributed by atoms with Crippen LogP contribution in [0.25, 0.3) is 46.4 Å². The fourth-order valence-corrected chi connectivity index (χ4v) is 3.69. The zero-order valence-corrected chi connectivity index (χ0v) is 20.4. The summed E-state index contributed by atoms with van der Waals surface area (Å²) in [7, 11) is 0. The normalized spacial score (nSPS) is 11.2. The van der Waals surface area contributed by atoms with E-state index in [0.717, 1.165) is 44.8 Å². The number of nitrogens with zero attached hydrogens (tertiary/aromatic N) is 2. The van der Waals surface area contributed by atoms with E-state index in [1.54, 1.807) is 12.1 Å². The average Bonchev–Trinajstić information content (AvgIpc) is 3.62. The van der Waals surface area contributed by atoms with E-state index in [1.807, 2.05) is 48.6 Å². The van der Waals surface area contributed by atoms with Gasteiger partial charge in [-0.2, -0.15) is 0 Å². The minimum Gasteiger partial charge on any atom is -0.508 e. The number of aromatic amines is 2. The van der Waals surface area contributed by atoms with Crippen LogP contribution in [0, 0.1) is 0 Å². The minimum absolute atomic E-state index is 0. The number of rotatable bonds is 1. The van der Waals surface area contributed by atoms with Crippen LogP contribution in [-0.2, 0) is 21.6 Å². The smallest absolute Gasteiger partial charge is 0.221 e. The van der Waals surface area contributed by atoms with Gasteiger partial charge in [0.25, 0.3) is 0 Å². The third-order valence-corrected chi connectivity index (χ3v) is 5.23. The Kier molecular flexibility index (Phi) is 7.48. The summed E-state index contributed by atoms with van der Waals surface area (Å²) in [5.74, 6) is 0.0785. The molecule has 36 heavy (non-hydrogen) atoms. The fourth-order valence-electron chi connectivity index (χ4n) is 3.69. The quantitative estimate of drug-likeness (QED) is 0.199. The molecule has 0 spiro atoms. The van der Waals surface area contributed by atoms with Gasteiger partial charge in [-0.3, -0.25) is 4.79 Å². The zero-order valence-electron chi connectivity index (χ0n) is 19.3. The number of benzene rings is 1. The monoisotopic (exact) mass is 520 g/mol. The van der Waals surface area contributed by atoms with Crippen LogP contribution in [0.3, 0.4) is 0 Å². The first-order valence-electron chi connectivity index (χ1n) is 11.1. The standard InChI is InChI=1S/C20H14N4.C8H9NO2.Co/c1-2-14-10-16-5-6-18(23-16)12-20-8-7-19(24-20)11-17-4-3-15(22-17)9-13(1)21-14;1-6(10)9-7-2-4-8(11)5-3-7;/h1-12,21,24H;2-5,11H,1H3,(H,9,10);. The molecule has 8 bridgehead atoms. The van der Waals surface area contributed by atoms with Gasteiger partial charge in [0.1, 0.15) is 5.75 Å². The molecule has 4 N–H and O–H groups in total. The first-order chi connectivity index (χ1) is 17.0. The molecule has 0 saturated heterocycles. The molecule has 6 rings (SSSR count). The number of nitrogens with one attached hydrogen (secondary N) is 3. The van der Waals surface area contributed by atoms with Crippen LogP contribution in [0.5, 0.6) is 5.75 Å². The number of hydrogen-bond donors (Lipinski definition) is 4. The Labute approximate surface area is 217 Å². The molecule has 5 heterocycles. The minimum atomic E-state index is -0.115. The van der Waals surface area contributed by atoms with Gasteiger partial charge < -0.3 is 20.4 Å². The van der Waals surface area contributed by atoms with Crippen molar-refractivity contribution in [1.82, 2.24) is 19.9 Å². The number of H-pyrrole nitrogens is 2. The number of phenolic OH excluding ortho intramolecular Hbond substituents is 1. The van der Waals surface area contributed by atoms with E-state index in [9.17, 15) is 4.79 Å². The van der Waals surface area contributed by atoms with Crippen LogP contribution in [0.1, 0.15) is 29.7 Å². The second kappa shape index (κ2) is 10.9. The maximum absolute atomic E-state index is 10.5. The van der Waals surface area contributed by atoms with Crippen molar-refractivity contribution in [1.29, 1.82) is 0 Å². The third-order valence-electron chi connectivity index (χ3n) is 5.23. The molecule has 0 aliphatic carbocycles. The van der Waals surface area contributed by atoms with E-state index in [1.165, 1.54) is 19.1 Å². The molecule has 8 heteroatoms. The summed E-state index contributed by atoms with van der Waals surface area (Å²) in [6.45, 7) is 1.44. The molecule has 1 amide bonds. The second-order valence-corrected chi connectivity index (χ2v) is 8.13. The molecular formula is C28H23CoN5O2. The van der Waals surface area contributed by atoms with Gasteiger partial charge in [0.15, 0.2) is 0 Å². The predicted molar refractivity (Wildman–Crippen MR) is 141 cm³/mol. The summed E-state index contributed by atoms with van der Waals surface area (Å²) in [6, 6.07) is 22.7. The zero-order chi connectivity index (χ0) is 24.2. The Morgan fingerprint density at radius 2 is 1.03 bits per heavy atom. The third kappa shape index (κ3) is 6.38. The summed E-state index contributed by atoms with van der Waals surface area (Å²) < 4.78 is 0. The molecule has 2 aliphatic rings. The van der Waals surface area contributed by atoms with E-state index < -0.39 is 0 Å². The molecule has 2 aliphatic heterocycles. The van der Waals surface area contributed by atoms with Crippen molar-refractivity contribution >= 4 is 58.0 Å². The van der Waals surface area contributed by atoms with Crippen molar-refractivity contribution in [2.45, 2.75) is 6.92 Å². The van der Waals surface area contributed by atoms with Gasteiger partial charge in [-0.25, -0.2) is 9.97 Å². The van der Waals surface area contributed by atoms with Crippen molar-refractivity contribution in [2.75, 3.05) is 5.32 Å². The fraction of sp³-hybridized carbons (Fsp3) is 0.0357. The molecule has 1 radical (unpaired) electrons. The number of hydrogen-bond acceptors (Lipinski definition) is 4. The van der Waals surface area contributed by atoms with Crippen molar-refractivity contribution in [3.63, 3.8) is 0 Å². The van der Waals surface area contributed by atoms with Gasteiger partial charge in [-0.1, -0.05) is 0 Å². The number of aromatic nitrogens is 4. The predicted octanol–water partition coefficient (Wildman–Crippen LogP) is 6.00. The van der Waals surface area contributed by atoms with Crippen LogP contribution in [0.15, 0.2) is 72.8 Å². The molecule has 181 valence electrons. The number of carbonyl (C=O) groups excluding carboxylic acids is 1. The topological polar surface area (TPSA) is 107 Å². The van der Waals surface area contributed by atoms with Gasteiger partial charge in [0.05, 0.1) is 22.8 Å². The summed E-state index contributed by atoms with van der Waals surface area (Å²) in [4.78, 5) is 26.5. The summed E-state index contributed by atoms with van der Waals surface area (Å²) >= 11 is 0. The number of aromatic hydroxyl groups is 1. The van der Waals surface area contributed by atoms with Crippen LogP contribution in [0.4, 0.5) is 5.69 Å². The van der Waals surface area contributed by atoms with Crippen LogP contribution in [-0.4, -0.2) is 30.9 Å². The Hall–Kier alpha value is -4.40. The van der Waals surface area contributed by atoms with E-state index in [-0.39, 0.29) is 28.4 Å². The average molecular weight is 520 g/mol. The maximum atomic E-state index is 10.5. The van der Waals surface area contributed by atoms with Crippen LogP contribution >= 0.6 is 0 Å². The number of amides is 1. The van der Waals surface area contributed by atoms with Crippen molar-refractivity contribution < 1.29 is 26.7 Å². The van der Waals surface area contributed by atoms with Crippen LogP contribution < -0.4 is 5.32 Å². The van der Waals surface area contributed by atoms with Gasteiger partial charge in [0, 0.05) is 51.5 Å². The largest absolute Gasteiger partial charge is 0.508 e. The van der Waals surface area contributed by atoms with Gasteiger partial charge in [-0.15, -0.1) is 0 Å². The van der Waals surface area contributed by atoms with Crippen LogP contribution in [0.2, 0.25) is 0 Å². The van der Waals surface area contributed by atoms with Crippen molar-refractivity contribution in [2.24, 2.45) is 0 Å². The van der Waals surface area contributed by atoms with E-state index in [2.05, 4.69) is 49.5 Å². The molecule has 4 aromatic rings. The SMILES string of the molecule is C1=Cc2cc3ccc(cc4nc(cc5ccc(cc1n2)[nH]5)C=C4)[nH]3.CC(=O)Nc1ccc(O)cc1.[Co]. The van der Waals surface area contributed by atoms with E-state index >= 15 is 0 Å². The molecule has 7 nitrogen and oxygen atoms in total. The van der Waals surface area contributed by atoms with Crippen molar-refractivity contribution in [3.8, 4) is 5.75 Å². The summed E-state index contributed by atoms with van der Waals surface area (Å²) in [5.41, 5.74) is 8.55. The Bertz CT molecular complexity index is 1440. The first-order valence-corrected chi connectivity index (χ1v) is 11.1. The van der Waals surface area contributed by atoms with Gasteiger partial charge in [0.2, 0.25) is 5.91 Å². The van der Waals surface area contributed by atoms with E-state index in [0.29, 0.717) is 5.69 Å². The number of anilines is 1. The molecule has 0 fully saturated rings. The Balaban J connectivity index is 0.000000216. The molecule has 0 atom stereocenters. The number of fused-ring (bicyclic) bond motifs is 8. The Morgan fingerprint density at radius 3 is 1.36 bits per heavy atom. The number of carbonyl (C=O) groups is 1. The molecular weight excluding hydrogens is 497 g/mol. The molecule has 3 aromatic heterocycles. The Morgan fingerprint density at radius 1 is 0.667 bits per heavy atom. The molecule has 0 saturated carbocycles. The second-order valence-electron chi connectivity index (χ2n) is 8.13. The summed E-state index contributed by atoms with van der Waals surface area (Å²) in [5, 5.41) is 11.5.